The lowest BCUT2D eigenvalue weighted by molar-refractivity contribution is -0.133. The van der Waals surface area contributed by atoms with Crippen molar-refractivity contribution in [1.29, 1.82) is 0 Å². The van der Waals surface area contributed by atoms with E-state index in [1.807, 2.05) is 6.07 Å². The second-order valence-electron chi connectivity index (χ2n) is 6.09. The molecule has 0 radical (unpaired) electrons. The monoisotopic (exact) mass is 404 g/mol. The molecular weight excluding hydrogens is 384 g/mol. The highest BCUT2D eigenvalue weighted by molar-refractivity contribution is 6.17. The smallest absolute Gasteiger partial charge is 0.343 e. The molecule has 0 saturated carbocycles. The van der Waals surface area contributed by atoms with E-state index in [0.29, 0.717) is 28.4 Å². The summed E-state index contributed by atoms with van der Waals surface area (Å²) in [6.45, 7) is 0. The SMILES string of the molecule is COC=C(C(=O)OC)c1ccccc1Oc1cccc(OC(=O)c2ccccc2)c1. The fraction of sp³-hybridized carbons (Fsp3) is 0.0833. The highest BCUT2D eigenvalue weighted by atomic mass is 16.5. The molecule has 3 aromatic rings. The van der Waals surface area contributed by atoms with Crippen LogP contribution in [0.15, 0.2) is 85.1 Å². The van der Waals surface area contributed by atoms with Gasteiger partial charge in [0.2, 0.25) is 0 Å². The first-order chi connectivity index (χ1) is 14.6. The molecular formula is C24H20O6. The van der Waals surface area contributed by atoms with E-state index in [0.717, 1.165) is 0 Å². The highest BCUT2D eigenvalue weighted by Gasteiger charge is 2.18. The molecule has 0 aliphatic rings. The van der Waals surface area contributed by atoms with Crippen molar-refractivity contribution >= 4 is 17.5 Å². The minimum Gasteiger partial charge on any atom is -0.503 e. The lowest BCUT2D eigenvalue weighted by atomic mass is 10.1. The number of carbonyl (C=O) groups is 2. The minimum atomic E-state index is -0.557. The predicted molar refractivity (Wildman–Crippen MR) is 111 cm³/mol. The molecule has 0 aromatic heterocycles. The summed E-state index contributed by atoms with van der Waals surface area (Å²) < 4.78 is 21.2. The lowest BCUT2D eigenvalue weighted by Crippen LogP contribution is -2.08. The number of carbonyl (C=O) groups excluding carboxylic acids is 2. The summed E-state index contributed by atoms with van der Waals surface area (Å²) in [5.74, 6) is 0.155. The molecule has 3 aromatic carbocycles. The zero-order valence-corrected chi connectivity index (χ0v) is 16.5. The summed E-state index contributed by atoms with van der Waals surface area (Å²) in [7, 11) is 2.73. The van der Waals surface area contributed by atoms with Crippen LogP contribution in [0.1, 0.15) is 15.9 Å². The maximum atomic E-state index is 12.3. The Balaban J connectivity index is 1.84. The van der Waals surface area contributed by atoms with E-state index in [2.05, 4.69) is 0 Å². The zero-order valence-electron chi connectivity index (χ0n) is 16.5. The van der Waals surface area contributed by atoms with Gasteiger partial charge >= 0.3 is 11.9 Å². The van der Waals surface area contributed by atoms with Crippen LogP contribution in [0.2, 0.25) is 0 Å². The van der Waals surface area contributed by atoms with Crippen LogP contribution >= 0.6 is 0 Å². The Kier molecular flexibility index (Phi) is 6.84. The van der Waals surface area contributed by atoms with Crippen molar-refractivity contribution in [1.82, 2.24) is 0 Å². The Labute approximate surface area is 174 Å². The van der Waals surface area contributed by atoms with E-state index >= 15 is 0 Å². The normalized spacial score (nSPS) is 10.8. The van der Waals surface area contributed by atoms with E-state index in [1.165, 1.54) is 20.5 Å². The summed E-state index contributed by atoms with van der Waals surface area (Å²) >= 11 is 0. The van der Waals surface area contributed by atoms with E-state index in [-0.39, 0.29) is 5.57 Å². The summed E-state index contributed by atoms with van der Waals surface area (Å²) in [5, 5.41) is 0. The van der Waals surface area contributed by atoms with E-state index in [1.54, 1.807) is 72.8 Å². The first-order valence-electron chi connectivity index (χ1n) is 9.08. The van der Waals surface area contributed by atoms with Crippen LogP contribution in [0.25, 0.3) is 5.57 Å². The molecule has 152 valence electrons. The Bertz CT molecular complexity index is 1060. The van der Waals surface area contributed by atoms with Gasteiger partial charge in [0, 0.05) is 11.6 Å². The Morgan fingerprint density at radius 3 is 2.23 bits per heavy atom. The minimum absolute atomic E-state index is 0.210. The number of methoxy groups -OCH3 is 2. The summed E-state index contributed by atoms with van der Waals surface area (Å²) in [5.41, 5.74) is 1.15. The Morgan fingerprint density at radius 2 is 1.50 bits per heavy atom. The van der Waals surface area contributed by atoms with Crippen molar-refractivity contribution in [2.45, 2.75) is 0 Å². The van der Waals surface area contributed by atoms with Crippen molar-refractivity contribution in [3.05, 3.63) is 96.3 Å². The molecule has 3 rings (SSSR count). The van der Waals surface area contributed by atoms with Crippen molar-refractivity contribution in [2.24, 2.45) is 0 Å². The molecule has 0 N–H and O–H groups in total. The molecule has 0 aliphatic carbocycles. The van der Waals surface area contributed by atoms with Crippen molar-refractivity contribution in [2.75, 3.05) is 14.2 Å². The summed E-state index contributed by atoms with van der Waals surface area (Å²) in [6, 6.07) is 22.4. The average molecular weight is 404 g/mol. The van der Waals surface area contributed by atoms with Gasteiger partial charge in [0.15, 0.2) is 0 Å². The van der Waals surface area contributed by atoms with Gasteiger partial charge in [-0.1, -0.05) is 42.5 Å². The van der Waals surface area contributed by atoms with Crippen molar-refractivity contribution < 1.29 is 28.5 Å². The quantitative estimate of drug-likeness (QED) is 0.242. The fourth-order valence-electron chi connectivity index (χ4n) is 2.70. The molecule has 6 nitrogen and oxygen atoms in total. The average Bonchev–Trinajstić information content (AvgIpc) is 2.78. The number of ether oxygens (including phenoxy) is 4. The van der Waals surface area contributed by atoms with Gasteiger partial charge in [0.1, 0.15) is 22.8 Å². The van der Waals surface area contributed by atoms with Crippen molar-refractivity contribution in [3.8, 4) is 17.2 Å². The number of para-hydroxylation sites is 1. The lowest BCUT2D eigenvalue weighted by Gasteiger charge is -2.13. The van der Waals surface area contributed by atoms with Crippen LogP contribution < -0.4 is 9.47 Å². The molecule has 0 unspecified atom stereocenters. The third-order valence-electron chi connectivity index (χ3n) is 4.07. The fourth-order valence-corrected chi connectivity index (χ4v) is 2.70. The van der Waals surface area contributed by atoms with Gasteiger partial charge in [-0.15, -0.1) is 0 Å². The molecule has 6 heteroatoms. The van der Waals surface area contributed by atoms with Gasteiger partial charge in [0.05, 0.1) is 26.0 Å². The topological polar surface area (TPSA) is 71.1 Å². The number of rotatable bonds is 7. The van der Waals surface area contributed by atoms with Crippen molar-refractivity contribution in [3.63, 3.8) is 0 Å². The highest BCUT2D eigenvalue weighted by Crippen LogP contribution is 2.32. The van der Waals surface area contributed by atoms with Crippen LogP contribution in [-0.4, -0.2) is 26.2 Å². The van der Waals surface area contributed by atoms with Gasteiger partial charge in [-0.05, 0) is 30.3 Å². The van der Waals surface area contributed by atoms with Gasteiger partial charge in [-0.2, -0.15) is 0 Å². The first kappa shape index (κ1) is 20.7. The second kappa shape index (κ2) is 9.93. The van der Waals surface area contributed by atoms with E-state index in [9.17, 15) is 9.59 Å². The summed E-state index contributed by atoms with van der Waals surface area (Å²) in [6.07, 6.45) is 1.30. The van der Waals surface area contributed by atoms with E-state index in [4.69, 9.17) is 18.9 Å². The largest absolute Gasteiger partial charge is 0.503 e. The molecule has 30 heavy (non-hydrogen) atoms. The van der Waals surface area contributed by atoms with Gasteiger partial charge in [-0.25, -0.2) is 9.59 Å². The molecule has 0 bridgehead atoms. The molecule has 0 heterocycles. The van der Waals surface area contributed by atoms with Gasteiger partial charge < -0.3 is 18.9 Å². The third-order valence-corrected chi connectivity index (χ3v) is 4.07. The predicted octanol–water partition coefficient (Wildman–Crippen LogP) is 4.86. The second-order valence-corrected chi connectivity index (χ2v) is 6.09. The first-order valence-corrected chi connectivity index (χ1v) is 9.08. The van der Waals surface area contributed by atoms with Crippen LogP contribution in [0.5, 0.6) is 17.2 Å². The van der Waals surface area contributed by atoms with Crippen LogP contribution in [0.3, 0.4) is 0 Å². The Hall–Kier alpha value is -4.06. The maximum Gasteiger partial charge on any atom is 0.343 e. The van der Waals surface area contributed by atoms with Gasteiger partial charge in [-0.3, -0.25) is 0 Å². The summed E-state index contributed by atoms with van der Waals surface area (Å²) in [4.78, 5) is 24.4. The molecule has 0 aliphatic heterocycles. The molecule has 0 amide bonds. The Morgan fingerprint density at radius 1 is 0.800 bits per heavy atom. The van der Waals surface area contributed by atoms with Gasteiger partial charge in [0.25, 0.3) is 0 Å². The molecule has 0 atom stereocenters. The molecule has 0 spiro atoms. The van der Waals surface area contributed by atoms with Crippen LogP contribution in [-0.2, 0) is 14.3 Å². The van der Waals surface area contributed by atoms with Crippen LogP contribution in [0.4, 0.5) is 0 Å². The molecule has 0 fully saturated rings. The number of esters is 2. The van der Waals surface area contributed by atoms with E-state index < -0.39 is 11.9 Å². The number of benzene rings is 3. The maximum absolute atomic E-state index is 12.3. The zero-order chi connectivity index (χ0) is 21.3. The number of hydrogen-bond donors (Lipinski definition) is 0. The third kappa shape index (κ3) is 5.05. The number of hydrogen-bond acceptors (Lipinski definition) is 6. The standard InChI is InChI=1S/C24H20O6/c1-27-16-21(24(26)28-2)20-13-6-7-14-22(20)29-18-11-8-12-19(15-18)30-23(25)17-9-4-3-5-10-17/h3-16H,1-2H3. The van der Waals surface area contributed by atoms with Crippen LogP contribution in [0, 0.1) is 0 Å². The molecule has 0 saturated heterocycles.